The minimum atomic E-state index is -5.02. The third-order valence-corrected chi connectivity index (χ3v) is 10.9. The second kappa shape index (κ2) is 22.7. The zero-order chi connectivity index (χ0) is 40.7. The van der Waals surface area contributed by atoms with Gasteiger partial charge in [0.05, 0.1) is 37.8 Å². The van der Waals surface area contributed by atoms with Crippen molar-refractivity contribution >= 4 is 19.5 Å². The van der Waals surface area contributed by atoms with Gasteiger partial charge in [-0.3, -0.25) is 32.8 Å². The number of anilines is 1. The van der Waals surface area contributed by atoms with Crippen LogP contribution in [0.4, 0.5) is 14.6 Å². The lowest BCUT2D eigenvalue weighted by atomic mass is 10.0. The molecule has 2 aromatic rings. The fraction of sp³-hybridized carbons (Fsp3) is 0.750. The van der Waals surface area contributed by atoms with E-state index in [0.29, 0.717) is 17.2 Å². The number of nitrogens with one attached hydrogen (secondary N) is 2. The van der Waals surface area contributed by atoms with Crippen LogP contribution in [0.1, 0.15) is 135 Å². The summed E-state index contributed by atoms with van der Waals surface area (Å²) in [7, 11) is -5.02. The first-order valence-electron chi connectivity index (χ1n) is 19.7. The largest absolute Gasteiger partial charge is 0.472 e. The number of ether oxygens (including phenoxy) is 2. The van der Waals surface area contributed by atoms with Crippen LogP contribution in [-0.4, -0.2) is 77.7 Å². The number of nitrogens with zero attached hydrogens (tertiary/aromatic N) is 3. The summed E-state index contributed by atoms with van der Waals surface area (Å²) in [5, 5.41) is 22.4. The van der Waals surface area contributed by atoms with Gasteiger partial charge in [0.2, 0.25) is 11.7 Å². The summed E-state index contributed by atoms with van der Waals surface area (Å²) in [5.74, 6) is -3.39. The lowest BCUT2D eigenvalue weighted by molar-refractivity contribution is -0.116. The number of H-pyrrole nitrogens is 1. The predicted octanol–water partition coefficient (Wildman–Crippen LogP) is 4.70. The molecule has 0 bridgehead atoms. The zero-order valence-electron chi connectivity index (χ0n) is 31.8. The van der Waals surface area contributed by atoms with Crippen LogP contribution in [0.5, 0.6) is 0 Å². The number of rotatable bonds is 25. The average molecular weight is 820 g/mol. The lowest BCUT2D eigenvalue weighted by Gasteiger charge is -2.23. The number of aromatic nitrogens is 4. The highest BCUT2D eigenvalue weighted by molar-refractivity contribution is 7.47. The average Bonchev–Trinajstić information content (AvgIpc) is 3.73. The summed E-state index contributed by atoms with van der Waals surface area (Å²) < 4.78 is 64.4. The number of aliphatic hydroxyl groups is 2. The first kappa shape index (κ1) is 45.5. The Kier molecular flexibility index (Phi) is 18.5. The van der Waals surface area contributed by atoms with E-state index in [0.717, 1.165) is 30.0 Å². The summed E-state index contributed by atoms with van der Waals surface area (Å²) in [4.78, 5) is 64.8. The highest BCUT2D eigenvalue weighted by Gasteiger charge is 2.44. The van der Waals surface area contributed by atoms with Crippen molar-refractivity contribution in [1.29, 1.82) is 0 Å². The number of amides is 1. The van der Waals surface area contributed by atoms with Crippen molar-refractivity contribution in [3.05, 3.63) is 55.4 Å². The van der Waals surface area contributed by atoms with Crippen LogP contribution in [0, 0.1) is 11.6 Å². The van der Waals surface area contributed by atoms with E-state index in [-0.39, 0.29) is 19.3 Å². The van der Waals surface area contributed by atoms with E-state index in [1.165, 1.54) is 70.6 Å². The maximum Gasteiger partial charge on any atom is 0.472 e. The van der Waals surface area contributed by atoms with E-state index < -0.39 is 98.2 Å². The lowest BCUT2D eigenvalue weighted by Crippen LogP contribution is -2.37. The molecule has 4 heterocycles. The van der Waals surface area contributed by atoms with Gasteiger partial charge in [-0.1, -0.05) is 96.8 Å². The van der Waals surface area contributed by atoms with Crippen molar-refractivity contribution in [2.45, 2.75) is 159 Å². The summed E-state index contributed by atoms with van der Waals surface area (Å²) in [6.07, 6.45) is 10.8. The van der Waals surface area contributed by atoms with Crippen molar-refractivity contribution < 1.29 is 51.8 Å². The Morgan fingerprint density at radius 2 is 1.52 bits per heavy atom. The van der Waals surface area contributed by atoms with Gasteiger partial charge in [-0.05, 0) is 6.42 Å². The highest BCUT2D eigenvalue weighted by atomic mass is 31.2. The summed E-state index contributed by atoms with van der Waals surface area (Å²) in [6, 6.07) is 0. The first-order valence-corrected chi connectivity index (χ1v) is 21.2. The second-order valence-corrected chi connectivity index (χ2v) is 15.8. The minimum absolute atomic E-state index is 0.140. The van der Waals surface area contributed by atoms with Crippen LogP contribution in [0.25, 0.3) is 0 Å². The first-order chi connectivity index (χ1) is 26.8. The Labute approximate surface area is 323 Å². The number of carbonyl (C=O) groups is 1. The summed E-state index contributed by atoms with van der Waals surface area (Å²) >= 11 is 0. The molecule has 20 heteroatoms. The van der Waals surface area contributed by atoms with Gasteiger partial charge in [-0.15, -0.1) is 0 Å². The number of halogens is 2. The van der Waals surface area contributed by atoms with Crippen LogP contribution in [0.15, 0.2) is 26.8 Å². The Bertz CT molecular complexity index is 1780. The Morgan fingerprint density at radius 3 is 2.12 bits per heavy atom. The van der Waals surface area contributed by atoms with Crippen LogP contribution < -0.4 is 22.3 Å². The summed E-state index contributed by atoms with van der Waals surface area (Å²) in [5.41, 5.74) is -3.39. The van der Waals surface area contributed by atoms with Gasteiger partial charge in [-0.2, -0.15) is 9.37 Å². The standard InChI is InChI=1S/C36H56F2N5O12P/c1-2-3-4-5-6-7-8-9-10-11-12-13-14-15-16-17-30(46)39-32-25(37)20-42(35(48)40-32)31-19-27(45)29(54-31)23-52-56(50,51)55-28-18-24(22-44)53-34(28)43-21-26(38)33(47)41-36(43)49/h20-21,24,27-29,31,34,44-45H,2-19,22-23H2,1H3,(H,50,51)(H,41,47,49)(H,39,40,46,48)/t24-,27-,28+,29+,31+,34+/m0/s1. The van der Waals surface area contributed by atoms with E-state index >= 15 is 0 Å². The molecule has 2 saturated heterocycles. The molecular formula is C36H56F2N5O12P. The highest BCUT2D eigenvalue weighted by Crippen LogP contribution is 2.49. The molecule has 0 spiro atoms. The molecule has 7 atom stereocenters. The van der Waals surface area contributed by atoms with Gasteiger partial charge in [0.1, 0.15) is 18.4 Å². The number of phosphoric acid groups is 1. The Balaban J connectivity index is 1.17. The number of hydrogen-bond acceptors (Lipinski definition) is 12. The molecule has 5 N–H and O–H groups in total. The van der Waals surface area contributed by atoms with Crippen LogP contribution in [-0.2, 0) is 27.9 Å². The van der Waals surface area contributed by atoms with Crippen molar-refractivity contribution in [1.82, 2.24) is 19.1 Å². The van der Waals surface area contributed by atoms with Gasteiger partial charge in [0.15, 0.2) is 17.9 Å². The molecule has 0 radical (unpaired) electrons. The maximum atomic E-state index is 15.0. The molecule has 1 amide bonds. The molecule has 2 fully saturated rings. The SMILES string of the molecule is CCCCCCCCCCCCCCCCCC(=O)Nc1nc(=O)n([C@H]2C[C@H](O)[C@@H](COP(=O)(O)O[C@@H]3C[C@@H](CO)O[C@H]3n3cc(F)c(=O)[nH]c3=O)O2)cc1F. The normalized spacial score (nSPS) is 23.4. The quantitative estimate of drug-likeness (QED) is 0.0676. The Morgan fingerprint density at radius 1 is 0.929 bits per heavy atom. The van der Waals surface area contributed by atoms with Gasteiger partial charge < -0.3 is 29.9 Å². The molecule has 2 aliphatic rings. The molecule has 0 aromatic carbocycles. The van der Waals surface area contributed by atoms with E-state index in [4.69, 9.17) is 18.5 Å². The third-order valence-electron chi connectivity index (χ3n) is 9.90. The topological polar surface area (TPSA) is 234 Å². The molecule has 0 saturated carbocycles. The van der Waals surface area contributed by atoms with Gasteiger partial charge >= 0.3 is 19.2 Å². The Hall–Kier alpha value is -3.16. The number of aromatic amines is 1. The molecule has 1 unspecified atom stereocenters. The number of aliphatic hydroxyl groups excluding tert-OH is 2. The van der Waals surface area contributed by atoms with Gasteiger partial charge in [-0.25, -0.2) is 18.5 Å². The van der Waals surface area contributed by atoms with Crippen LogP contribution in [0.3, 0.4) is 0 Å². The van der Waals surface area contributed by atoms with E-state index in [2.05, 4.69) is 17.2 Å². The second-order valence-electron chi connectivity index (χ2n) is 14.4. The molecular weight excluding hydrogens is 763 g/mol. The maximum absolute atomic E-state index is 15.0. The minimum Gasteiger partial charge on any atom is -0.394 e. The molecule has 0 aliphatic carbocycles. The van der Waals surface area contributed by atoms with E-state index in [9.17, 15) is 47.6 Å². The molecule has 2 aromatic heterocycles. The monoisotopic (exact) mass is 819 g/mol. The molecule has 2 aliphatic heterocycles. The number of carbonyl (C=O) groups excluding carboxylic acids is 1. The number of hydrogen-bond donors (Lipinski definition) is 5. The number of unbranched alkanes of at least 4 members (excludes halogenated alkanes) is 14. The smallest absolute Gasteiger partial charge is 0.394 e. The fourth-order valence-corrected chi connectivity index (χ4v) is 7.75. The van der Waals surface area contributed by atoms with Crippen LogP contribution in [0.2, 0.25) is 0 Å². The molecule has 4 rings (SSSR count). The van der Waals surface area contributed by atoms with Crippen molar-refractivity contribution in [3.63, 3.8) is 0 Å². The number of phosphoric ester groups is 1. The van der Waals surface area contributed by atoms with Crippen molar-refractivity contribution in [2.24, 2.45) is 0 Å². The van der Waals surface area contributed by atoms with E-state index in [1.54, 1.807) is 4.98 Å². The van der Waals surface area contributed by atoms with Gasteiger partial charge in [0.25, 0.3) is 5.56 Å². The molecule has 56 heavy (non-hydrogen) atoms. The summed E-state index contributed by atoms with van der Waals surface area (Å²) in [6.45, 7) is 0.893. The van der Waals surface area contributed by atoms with Gasteiger partial charge in [0, 0.05) is 19.3 Å². The molecule has 17 nitrogen and oxygen atoms in total. The van der Waals surface area contributed by atoms with Crippen LogP contribution >= 0.6 is 7.82 Å². The van der Waals surface area contributed by atoms with Crippen molar-refractivity contribution in [3.8, 4) is 0 Å². The predicted molar refractivity (Wildman–Crippen MR) is 199 cm³/mol. The van der Waals surface area contributed by atoms with E-state index in [1.807, 2.05) is 0 Å². The zero-order valence-corrected chi connectivity index (χ0v) is 32.7. The third kappa shape index (κ3) is 14.0. The molecule has 316 valence electrons. The van der Waals surface area contributed by atoms with Crippen molar-refractivity contribution in [2.75, 3.05) is 18.5 Å². The fourth-order valence-electron chi connectivity index (χ4n) is 6.82.